The average molecular weight is 345 g/mol. The molecule has 0 aliphatic carbocycles. The Balaban J connectivity index is 2.25. The Morgan fingerprint density at radius 3 is 2.33 bits per heavy atom. The van der Waals surface area contributed by atoms with E-state index in [-0.39, 0.29) is 0 Å². The molecule has 0 saturated heterocycles. The van der Waals surface area contributed by atoms with Crippen LogP contribution in [-0.4, -0.2) is 22.5 Å². The summed E-state index contributed by atoms with van der Waals surface area (Å²) in [5.74, 6) is -0.409. The van der Waals surface area contributed by atoms with E-state index in [1.807, 2.05) is 30.3 Å². The Morgan fingerprint density at radius 2 is 1.67 bits per heavy atom. The number of benzene rings is 1. The second-order valence-corrected chi connectivity index (χ2v) is 5.12. The fraction of sp³-hybridized carbons (Fsp3) is 0.188. The molecule has 0 fully saturated rings. The Morgan fingerprint density at radius 1 is 1.05 bits per heavy atom. The zero-order valence-electron chi connectivity index (χ0n) is 11.5. The van der Waals surface area contributed by atoms with Gasteiger partial charge in [0, 0.05) is 16.1 Å². The lowest BCUT2D eigenvalue weighted by Gasteiger charge is -2.06. The highest BCUT2D eigenvalue weighted by Gasteiger charge is 2.11. The van der Waals surface area contributed by atoms with Crippen molar-refractivity contribution in [1.29, 1.82) is 0 Å². The molecule has 2 heterocycles. The largest absolute Gasteiger partial charge is 0.461 e. The molecule has 0 radical (unpaired) electrons. The number of ether oxygens (including phenoxy) is 1. The standard InChI is InChI=1S/C16H13BrN2O2/c1-2-21-16(20)13-8-6-11-4-3-10-5-7-12(9-17)18-14(10)15(11)19-13/h3-8H,2,9H2,1H3. The zero-order valence-corrected chi connectivity index (χ0v) is 13.1. The summed E-state index contributed by atoms with van der Waals surface area (Å²) in [6.45, 7) is 2.11. The van der Waals surface area contributed by atoms with Crippen LogP contribution in [0.4, 0.5) is 0 Å². The van der Waals surface area contributed by atoms with Crippen LogP contribution in [0.15, 0.2) is 36.4 Å². The van der Waals surface area contributed by atoms with E-state index in [0.717, 1.165) is 27.5 Å². The van der Waals surface area contributed by atoms with Gasteiger partial charge in [0.1, 0.15) is 5.69 Å². The van der Waals surface area contributed by atoms with Crippen molar-refractivity contribution in [3.8, 4) is 0 Å². The van der Waals surface area contributed by atoms with Crippen LogP contribution in [0.25, 0.3) is 21.8 Å². The van der Waals surface area contributed by atoms with E-state index in [2.05, 4.69) is 25.9 Å². The van der Waals surface area contributed by atoms with Crippen molar-refractivity contribution in [3.63, 3.8) is 0 Å². The Hall–Kier alpha value is -2.01. The lowest BCUT2D eigenvalue weighted by molar-refractivity contribution is 0.0520. The number of pyridine rings is 2. The molecule has 0 atom stereocenters. The number of carbonyl (C=O) groups is 1. The van der Waals surface area contributed by atoms with Crippen molar-refractivity contribution < 1.29 is 9.53 Å². The first-order valence-corrected chi connectivity index (χ1v) is 7.77. The minimum atomic E-state index is -0.409. The van der Waals surface area contributed by atoms with Crippen LogP contribution < -0.4 is 0 Å². The van der Waals surface area contributed by atoms with Gasteiger partial charge in [0.2, 0.25) is 0 Å². The van der Waals surface area contributed by atoms with Gasteiger partial charge in [-0.15, -0.1) is 0 Å². The molecule has 1 aromatic carbocycles. The highest BCUT2D eigenvalue weighted by molar-refractivity contribution is 9.08. The van der Waals surface area contributed by atoms with E-state index in [1.54, 1.807) is 13.0 Å². The number of esters is 1. The van der Waals surface area contributed by atoms with Crippen molar-refractivity contribution >= 4 is 43.7 Å². The Bertz CT molecular complexity index is 833. The third-order valence-electron chi connectivity index (χ3n) is 3.20. The molecule has 5 heteroatoms. The molecular formula is C16H13BrN2O2. The number of hydrogen-bond donors (Lipinski definition) is 0. The predicted octanol–water partition coefficient (Wildman–Crippen LogP) is 3.85. The highest BCUT2D eigenvalue weighted by Crippen LogP contribution is 2.23. The van der Waals surface area contributed by atoms with E-state index < -0.39 is 5.97 Å². The molecule has 2 aromatic heterocycles. The van der Waals surface area contributed by atoms with Crippen molar-refractivity contribution in [2.75, 3.05) is 6.61 Å². The lowest BCUT2D eigenvalue weighted by atomic mass is 10.1. The maximum absolute atomic E-state index is 11.8. The number of carbonyl (C=O) groups excluding carboxylic acids is 1. The van der Waals surface area contributed by atoms with Gasteiger partial charge < -0.3 is 4.74 Å². The van der Waals surface area contributed by atoms with Crippen LogP contribution in [0, 0.1) is 0 Å². The van der Waals surface area contributed by atoms with Gasteiger partial charge in [0.25, 0.3) is 0 Å². The van der Waals surface area contributed by atoms with Crippen LogP contribution in [-0.2, 0) is 10.1 Å². The van der Waals surface area contributed by atoms with Crippen molar-refractivity contribution in [3.05, 3.63) is 47.8 Å². The Labute approximate surface area is 130 Å². The maximum atomic E-state index is 11.8. The molecular weight excluding hydrogens is 332 g/mol. The summed E-state index contributed by atoms with van der Waals surface area (Å²) in [4.78, 5) is 20.9. The molecule has 0 bridgehead atoms. The molecule has 0 aliphatic rings. The summed E-state index contributed by atoms with van der Waals surface area (Å²) >= 11 is 3.41. The van der Waals surface area contributed by atoms with Gasteiger partial charge in [-0.3, -0.25) is 0 Å². The van der Waals surface area contributed by atoms with Gasteiger partial charge in [-0.1, -0.05) is 40.2 Å². The summed E-state index contributed by atoms with van der Waals surface area (Å²) in [6, 6.07) is 11.5. The zero-order chi connectivity index (χ0) is 14.8. The van der Waals surface area contributed by atoms with E-state index in [9.17, 15) is 4.79 Å². The van der Waals surface area contributed by atoms with Crippen LogP contribution >= 0.6 is 15.9 Å². The quantitative estimate of drug-likeness (QED) is 0.411. The number of halogens is 1. The van der Waals surface area contributed by atoms with Gasteiger partial charge in [0.05, 0.1) is 23.3 Å². The topological polar surface area (TPSA) is 52.1 Å². The van der Waals surface area contributed by atoms with E-state index in [4.69, 9.17) is 4.74 Å². The number of aromatic nitrogens is 2. The van der Waals surface area contributed by atoms with E-state index >= 15 is 0 Å². The molecule has 4 nitrogen and oxygen atoms in total. The fourth-order valence-electron chi connectivity index (χ4n) is 2.20. The van der Waals surface area contributed by atoms with Gasteiger partial charge in [-0.05, 0) is 19.1 Å². The van der Waals surface area contributed by atoms with E-state index in [1.165, 1.54) is 0 Å². The summed E-state index contributed by atoms with van der Waals surface area (Å²) in [7, 11) is 0. The third-order valence-corrected chi connectivity index (χ3v) is 3.77. The maximum Gasteiger partial charge on any atom is 0.356 e. The second-order valence-electron chi connectivity index (χ2n) is 4.56. The SMILES string of the molecule is CCOC(=O)c1ccc2ccc3ccc(CBr)nc3c2n1. The molecule has 0 unspecified atom stereocenters. The first-order chi connectivity index (χ1) is 10.2. The molecule has 0 amide bonds. The van der Waals surface area contributed by atoms with Gasteiger partial charge in [-0.2, -0.15) is 0 Å². The van der Waals surface area contributed by atoms with Crippen LogP contribution in [0.3, 0.4) is 0 Å². The Kier molecular flexibility index (Phi) is 3.84. The summed E-state index contributed by atoms with van der Waals surface area (Å²) < 4.78 is 5.00. The molecule has 0 saturated carbocycles. The molecule has 106 valence electrons. The van der Waals surface area contributed by atoms with Gasteiger partial charge in [-0.25, -0.2) is 14.8 Å². The van der Waals surface area contributed by atoms with Crippen LogP contribution in [0.1, 0.15) is 23.1 Å². The first-order valence-electron chi connectivity index (χ1n) is 6.65. The minimum absolute atomic E-state index is 0.308. The molecule has 0 aliphatic heterocycles. The van der Waals surface area contributed by atoms with Gasteiger partial charge >= 0.3 is 5.97 Å². The number of hydrogen-bond acceptors (Lipinski definition) is 4. The molecule has 21 heavy (non-hydrogen) atoms. The van der Waals surface area contributed by atoms with Crippen LogP contribution in [0.5, 0.6) is 0 Å². The average Bonchev–Trinajstić information content (AvgIpc) is 2.53. The summed E-state index contributed by atoms with van der Waals surface area (Å²) in [5.41, 5.74) is 2.76. The smallest absolute Gasteiger partial charge is 0.356 e. The van der Waals surface area contributed by atoms with Crippen LogP contribution in [0.2, 0.25) is 0 Å². The minimum Gasteiger partial charge on any atom is -0.461 e. The first kappa shape index (κ1) is 13.9. The van der Waals surface area contributed by atoms with Gasteiger partial charge in [0.15, 0.2) is 0 Å². The van der Waals surface area contributed by atoms with Crippen molar-refractivity contribution in [2.45, 2.75) is 12.3 Å². The fourth-order valence-corrected chi connectivity index (χ4v) is 2.51. The van der Waals surface area contributed by atoms with Crippen molar-refractivity contribution in [2.24, 2.45) is 0 Å². The second kappa shape index (κ2) is 5.77. The molecule has 3 rings (SSSR count). The molecule has 3 aromatic rings. The third kappa shape index (κ3) is 2.61. The van der Waals surface area contributed by atoms with Crippen molar-refractivity contribution in [1.82, 2.24) is 9.97 Å². The number of alkyl halides is 1. The van der Waals surface area contributed by atoms with E-state index in [0.29, 0.717) is 17.6 Å². The predicted molar refractivity (Wildman–Crippen MR) is 85.6 cm³/mol. The summed E-state index contributed by atoms with van der Waals surface area (Å²) in [6.07, 6.45) is 0. The highest BCUT2D eigenvalue weighted by atomic mass is 79.9. The summed E-state index contributed by atoms with van der Waals surface area (Å²) in [5, 5.41) is 2.63. The number of rotatable bonds is 3. The number of fused-ring (bicyclic) bond motifs is 3. The molecule has 0 spiro atoms. The monoisotopic (exact) mass is 344 g/mol. The molecule has 0 N–H and O–H groups in total. The number of nitrogens with zero attached hydrogens (tertiary/aromatic N) is 2. The normalized spacial score (nSPS) is 11.0. The lowest BCUT2D eigenvalue weighted by Crippen LogP contribution is -2.07.